The highest BCUT2D eigenvalue weighted by atomic mass is 19.1. The molecule has 2 atom stereocenters. The number of carbonyl (C=O) groups excluding carboxylic acids is 2. The summed E-state index contributed by atoms with van der Waals surface area (Å²) in [7, 11) is 0. The number of amides is 1. The van der Waals surface area contributed by atoms with E-state index in [1.165, 1.54) is 12.1 Å². The van der Waals surface area contributed by atoms with E-state index in [0.717, 1.165) is 42.3 Å². The lowest BCUT2D eigenvalue weighted by Gasteiger charge is -2.29. The van der Waals surface area contributed by atoms with Crippen molar-refractivity contribution in [1.29, 1.82) is 0 Å². The van der Waals surface area contributed by atoms with Gasteiger partial charge in [0.15, 0.2) is 11.5 Å². The number of aliphatic hydroxyl groups is 1. The third-order valence-electron chi connectivity index (χ3n) is 7.02. The SMILES string of the molecule is O=C(CCc1ccc2cc(F)ccc2c1)C(=O)N[C@H](CN1CCCC1)[C@H](O)c1ccc2c(c1)OCCO2. The van der Waals surface area contributed by atoms with Crippen LogP contribution in [0.3, 0.4) is 0 Å². The van der Waals surface area contributed by atoms with E-state index in [1.54, 1.807) is 24.3 Å². The molecule has 0 unspecified atom stereocenters. The Balaban J connectivity index is 1.25. The number of benzene rings is 3. The van der Waals surface area contributed by atoms with Crippen LogP contribution in [0.2, 0.25) is 0 Å². The average Bonchev–Trinajstić information content (AvgIpc) is 3.43. The number of likely N-dealkylation sites (tertiary alicyclic amines) is 1. The second-order valence-electron chi connectivity index (χ2n) is 9.68. The zero-order valence-corrected chi connectivity index (χ0v) is 20.6. The minimum absolute atomic E-state index is 0.0368. The lowest BCUT2D eigenvalue weighted by molar-refractivity contribution is -0.139. The number of halogens is 1. The van der Waals surface area contributed by atoms with E-state index in [2.05, 4.69) is 10.2 Å². The standard InChI is InChI=1S/C29H31FN2O5/c30-23-8-6-20-15-19(3-5-21(20)16-23)4-9-25(33)29(35)31-24(18-32-11-1-2-12-32)28(34)22-7-10-26-27(17-22)37-14-13-36-26/h3,5-8,10,15-17,24,28,34H,1-2,4,9,11-14,18H2,(H,31,35)/t24-,28-/m1/s1. The zero-order valence-electron chi connectivity index (χ0n) is 20.6. The Labute approximate surface area is 215 Å². The monoisotopic (exact) mass is 506 g/mol. The van der Waals surface area contributed by atoms with E-state index in [1.807, 2.05) is 18.2 Å². The Hall–Kier alpha value is -3.49. The van der Waals surface area contributed by atoms with Crippen LogP contribution in [-0.2, 0) is 16.0 Å². The van der Waals surface area contributed by atoms with Gasteiger partial charge in [-0.05, 0) is 78.5 Å². The molecule has 1 fully saturated rings. The first-order valence-corrected chi connectivity index (χ1v) is 12.8. The van der Waals surface area contributed by atoms with E-state index >= 15 is 0 Å². The number of nitrogens with one attached hydrogen (secondary N) is 1. The maximum atomic E-state index is 13.4. The summed E-state index contributed by atoms with van der Waals surface area (Å²) in [5.74, 6) is -0.364. The molecular weight excluding hydrogens is 475 g/mol. The molecule has 1 saturated heterocycles. The Morgan fingerprint density at radius 1 is 0.946 bits per heavy atom. The van der Waals surface area contributed by atoms with Crippen molar-refractivity contribution in [2.45, 2.75) is 37.8 Å². The van der Waals surface area contributed by atoms with Crippen LogP contribution < -0.4 is 14.8 Å². The Morgan fingerprint density at radius 3 is 2.49 bits per heavy atom. The van der Waals surface area contributed by atoms with Gasteiger partial charge in [0.05, 0.1) is 6.04 Å². The number of aliphatic hydroxyl groups excluding tert-OH is 1. The van der Waals surface area contributed by atoms with Crippen LogP contribution in [0.5, 0.6) is 11.5 Å². The number of aryl methyl sites for hydroxylation is 1. The molecular formula is C29H31FN2O5. The van der Waals surface area contributed by atoms with Gasteiger partial charge < -0.3 is 24.8 Å². The second kappa shape index (κ2) is 11.3. The first kappa shape index (κ1) is 25.2. The summed E-state index contributed by atoms with van der Waals surface area (Å²) in [4.78, 5) is 27.8. The topological polar surface area (TPSA) is 88.1 Å². The molecule has 37 heavy (non-hydrogen) atoms. The van der Waals surface area contributed by atoms with Crippen LogP contribution in [0.1, 0.15) is 36.5 Å². The van der Waals surface area contributed by atoms with Gasteiger partial charge in [-0.15, -0.1) is 0 Å². The number of fused-ring (bicyclic) bond motifs is 2. The summed E-state index contributed by atoms with van der Waals surface area (Å²) < 4.78 is 24.6. The molecule has 3 aromatic rings. The maximum absolute atomic E-state index is 13.4. The number of rotatable bonds is 9. The van der Waals surface area contributed by atoms with Crippen molar-refractivity contribution >= 4 is 22.5 Å². The lowest BCUT2D eigenvalue weighted by atomic mass is 10.00. The fourth-order valence-corrected chi connectivity index (χ4v) is 4.99. The average molecular weight is 507 g/mol. The van der Waals surface area contributed by atoms with Crippen LogP contribution in [0.4, 0.5) is 4.39 Å². The third-order valence-corrected chi connectivity index (χ3v) is 7.02. The normalized spacial score (nSPS) is 16.9. The molecule has 8 heteroatoms. The van der Waals surface area contributed by atoms with Gasteiger partial charge in [0.1, 0.15) is 25.1 Å². The Bertz CT molecular complexity index is 1290. The van der Waals surface area contributed by atoms with Crippen LogP contribution >= 0.6 is 0 Å². The van der Waals surface area contributed by atoms with Crippen LogP contribution in [-0.4, -0.2) is 60.6 Å². The fourth-order valence-electron chi connectivity index (χ4n) is 4.99. The number of Topliss-reactive ketones (excluding diaryl/α,β-unsaturated/α-hetero) is 1. The van der Waals surface area contributed by atoms with Gasteiger partial charge in [-0.1, -0.05) is 30.3 Å². The highest BCUT2D eigenvalue weighted by Crippen LogP contribution is 2.33. The van der Waals surface area contributed by atoms with E-state index in [-0.39, 0.29) is 12.2 Å². The second-order valence-corrected chi connectivity index (χ2v) is 9.68. The van der Waals surface area contributed by atoms with Gasteiger partial charge in [0.25, 0.3) is 5.91 Å². The summed E-state index contributed by atoms with van der Waals surface area (Å²) in [5, 5.41) is 15.7. The smallest absolute Gasteiger partial charge is 0.287 e. The van der Waals surface area contributed by atoms with Gasteiger partial charge in [0, 0.05) is 13.0 Å². The predicted octanol–water partition coefficient (Wildman–Crippen LogP) is 3.57. The molecule has 0 saturated carbocycles. The minimum Gasteiger partial charge on any atom is -0.486 e. The van der Waals surface area contributed by atoms with Gasteiger partial charge in [-0.2, -0.15) is 0 Å². The summed E-state index contributed by atoms with van der Waals surface area (Å²) in [6.45, 7) is 3.13. The van der Waals surface area contributed by atoms with E-state index in [9.17, 15) is 19.1 Å². The molecule has 0 aromatic heterocycles. The quantitative estimate of drug-likeness (QED) is 0.432. The molecule has 2 N–H and O–H groups in total. The minimum atomic E-state index is -1.02. The predicted molar refractivity (Wildman–Crippen MR) is 137 cm³/mol. The number of ether oxygens (including phenoxy) is 2. The van der Waals surface area contributed by atoms with Crippen LogP contribution in [0, 0.1) is 5.82 Å². The van der Waals surface area contributed by atoms with Gasteiger partial charge >= 0.3 is 0 Å². The van der Waals surface area contributed by atoms with Crippen molar-refractivity contribution < 1.29 is 28.6 Å². The largest absolute Gasteiger partial charge is 0.486 e. The molecule has 0 aliphatic carbocycles. The van der Waals surface area contributed by atoms with Crippen molar-refractivity contribution in [3.63, 3.8) is 0 Å². The molecule has 0 spiro atoms. The number of carbonyl (C=O) groups is 2. The van der Waals surface area contributed by atoms with E-state index in [0.29, 0.717) is 43.2 Å². The number of hydrogen-bond acceptors (Lipinski definition) is 6. The molecule has 2 heterocycles. The van der Waals surface area contributed by atoms with E-state index in [4.69, 9.17) is 9.47 Å². The van der Waals surface area contributed by atoms with Gasteiger partial charge in [-0.25, -0.2) is 4.39 Å². The van der Waals surface area contributed by atoms with Gasteiger partial charge in [0.2, 0.25) is 5.78 Å². The zero-order chi connectivity index (χ0) is 25.8. The van der Waals surface area contributed by atoms with Crippen LogP contribution in [0.25, 0.3) is 10.8 Å². The molecule has 5 rings (SSSR count). The number of ketones is 1. The van der Waals surface area contributed by atoms with Crippen molar-refractivity contribution in [3.8, 4) is 11.5 Å². The molecule has 2 aliphatic rings. The van der Waals surface area contributed by atoms with Crippen LogP contribution in [0.15, 0.2) is 54.6 Å². The van der Waals surface area contributed by atoms with E-state index < -0.39 is 23.8 Å². The highest BCUT2D eigenvalue weighted by Gasteiger charge is 2.29. The summed E-state index contributed by atoms with van der Waals surface area (Å²) in [6, 6.07) is 14.7. The summed E-state index contributed by atoms with van der Waals surface area (Å²) in [6.07, 6.45) is 1.54. The Kier molecular flexibility index (Phi) is 7.67. The molecule has 3 aromatic carbocycles. The molecule has 2 aliphatic heterocycles. The summed E-state index contributed by atoms with van der Waals surface area (Å²) >= 11 is 0. The first-order chi connectivity index (χ1) is 18.0. The number of hydrogen-bond donors (Lipinski definition) is 2. The molecule has 0 radical (unpaired) electrons. The van der Waals surface area contributed by atoms with Crippen molar-refractivity contribution in [2.75, 3.05) is 32.8 Å². The maximum Gasteiger partial charge on any atom is 0.287 e. The Morgan fingerprint density at radius 2 is 1.68 bits per heavy atom. The van der Waals surface area contributed by atoms with Crippen molar-refractivity contribution in [1.82, 2.24) is 10.2 Å². The number of nitrogens with zero attached hydrogens (tertiary/aromatic N) is 1. The third kappa shape index (κ3) is 6.09. The summed E-state index contributed by atoms with van der Waals surface area (Å²) in [5.41, 5.74) is 1.49. The molecule has 7 nitrogen and oxygen atoms in total. The van der Waals surface area contributed by atoms with Crippen molar-refractivity contribution in [2.24, 2.45) is 0 Å². The first-order valence-electron chi connectivity index (χ1n) is 12.8. The van der Waals surface area contributed by atoms with Gasteiger partial charge in [-0.3, -0.25) is 9.59 Å². The molecule has 0 bridgehead atoms. The highest BCUT2D eigenvalue weighted by molar-refractivity contribution is 6.36. The van der Waals surface area contributed by atoms with Crippen molar-refractivity contribution in [3.05, 3.63) is 71.5 Å². The molecule has 194 valence electrons. The lowest BCUT2D eigenvalue weighted by Crippen LogP contribution is -2.48. The fraction of sp³-hybridized carbons (Fsp3) is 0.379. The molecule has 1 amide bonds.